The molecule has 0 saturated carbocycles. The second-order valence-electron chi connectivity index (χ2n) is 4.67. The first-order valence-corrected chi connectivity index (χ1v) is 6.79. The number of nitrogens with zero attached hydrogens (tertiary/aromatic N) is 1. The molecule has 6 nitrogen and oxygen atoms in total. The number of hydrogen-bond donors (Lipinski definition) is 1. The van der Waals surface area contributed by atoms with Crippen LogP contribution in [0.3, 0.4) is 0 Å². The van der Waals surface area contributed by atoms with Gasteiger partial charge in [-0.25, -0.2) is 4.79 Å². The van der Waals surface area contributed by atoms with Crippen molar-refractivity contribution in [1.82, 2.24) is 4.90 Å². The number of rotatable bonds is 6. The van der Waals surface area contributed by atoms with Crippen LogP contribution in [0.1, 0.15) is 33.4 Å². The fourth-order valence-electron chi connectivity index (χ4n) is 1.99. The molecule has 2 rings (SSSR count). The van der Waals surface area contributed by atoms with Gasteiger partial charge in [0.05, 0.1) is 12.7 Å². The van der Waals surface area contributed by atoms with Gasteiger partial charge in [0, 0.05) is 19.2 Å². The van der Waals surface area contributed by atoms with Crippen LogP contribution in [0.5, 0.6) is 5.75 Å². The summed E-state index contributed by atoms with van der Waals surface area (Å²) in [5.41, 5.74) is 0.907. The van der Waals surface area contributed by atoms with E-state index in [9.17, 15) is 9.59 Å². The lowest BCUT2D eigenvalue weighted by atomic mass is 10.2. The van der Waals surface area contributed by atoms with Crippen LogP contribution in [0.15, 0.2) is 41.0 Å². The second kappa shape index (κ2) is 6.80. The van der Waals surface area contributed by atoms with Crippen LogP contribution < -0.4 is 4.74 Å². The second-order valence-corrected chi connectivity index (χ2v) is 4.67. The molecule has 1 N–H and O–H groups in total. The highest BCUT2D eigenvalue weighted by Crippen LogP contribution is 2.16. The van der Waals surface area contributed by atoms with Crippen molar-refractivity contribution >= 4 is 11.9 Å². The van der Waals surface area contributed by atoms with Crippen LogP contribution in [0, 0.1) is 0 Å². The monoisotopic (exact) mass is 303 g/mol. The minimum atomic E-state index is -1.12. The molecule has 1 amide bonds. The summed E-state index contributed by atoms with van der Waals surface area (Å²) in [5.74, 6) is -0.699. The van der Waals surface area contributed by atoms with Crippen LogP contribution in [0.4, 0.5) is 0 Å². The first-order valence-electron chi connectivity index (χ1n) is 6.79. The average Bonchev–Trinajstić information content (AvgIpc) is 3.02. The van der Waals surface area contributed by atoms with Crippen LogP contribution in [-0.4, -0.2) is 35.5 Å². The van der Waals surface area contributed by atoms with Gasteiger partial charge in [0.1, 0.15) is 12.0 Å². The number of ether oxygens (including phenoxy) is 1. The number of carboxylic acids is 1. The van der Waals surface area contributed by atoms with Crippen LogP contribution in [0.2, 0.25) is 0 Å². The standard InChI is InChI=1S/C16H17NO5/c1-3-17(9-11-4-6-13(21-2)7-5-11)15(18)14-8-12(10-22-14)16(19)20/h4-8,10H,3,9H2,1-2H3,(H,19,20). The van der Waals surface area contributed by atoms with E-state index in [0.29, 0.717) is 13.1 Å². The van der Waals surface area contributed by atoms with E-state index < -0.39 is 5.97 Å². The lowest BCUT2D eigenvalue weighted by Crippen LogP contribution is -2.30. The third-order valence-electron chi connectivity index (χ3n) is 3.26. The Morgan fingerprint density at radius 3 is 2.45 bits per heavy atom. The Labute approximate surface area is 127 Å². The van der Waals surface area contributed by atoms with Crippen molar-refractivity contribution in [1.29, 1.82) is 0 Å². The SMILES string of the molecule is CCN(Cc1ccc(OC)cc1)C(=O)c1cc(C(=O)O)co1. The molecule has 22 heavy (non-hydrogen) atoms. The van der Waals surface area contributed by atoms with E-state index in [0.717, 1.165) is 17.6 Å². The fourth-order valence-corrected chi connectivity index (χ4v) is 1.99. The molecule has 0 aliphatic heterocycles. The van der Waals surface area contributed by atoms with Gasteiger partial charge in [0.25, 0.3) is 5.91 Å². The number of carbonyl (C=O) groups is 2. The maximum Gasteiger partial charge on any atom is 0.338 e. The fraction of sp³-hybridized carbons (Fsp3) is 0.250. The minimum Gasteiger partial charge on any atom is -0.497 e. The summed E-state index contributed by atoms with van der Waals surface area (Å²) in [7, 11) is 1.59. The van der Waals surface area contributed by atoms with Crippen LogP contribution in [0.25, 0.3) is 0 Å². The lowest BCUT2D eigenvalue weighted by molar-refractivity contribution is 0.0693. The molecule has 2 aromatic rings. The number of aromatic carboxylic acids is 1. The Morgan fingerprint density at radius 1 is 1.27 bits per heavy atom. The highest BCUT2D eigenvalue weighted by Gasteiger charge is 2.20. The smallest absolute Gasteiger partial charge is 0.338 e. The van der Waals surface area contributed by atoms with E-state index in [4.69, 9.17) is 14.3 Å². The summed E-state index contributed by atoms with van der Waals surface area (Å²) < 4.78 is 10.1. The highest BCUT2D eigenvalue weighted by molar-refractivity contribution is 5.95. The summed E-state index contributed by atoms with van der Waals surface area (Å²) in [6.07, 6.45) is 1.07. The summed E-state index contributed by atoms with van der Waals surface area (Å²) in [6, 6.07) is 8.63. The van der Waals surface area contributed by atoms with Crippen molar-refractivity contribution in [2.24, 2.45) is 0 Å². The Morgan fingerprint density at radius 2 is 1.95 bits per heavy atom. The summed E-state index contributed by atoms with van der Waals surface area (Å²) in [5, 5.41) is 8.86. The maximum atomic E-state index is 12.4. The van der Waals surface area contributed by atoms with Crippen molar-refractivity contribution < 1.29 is 23.8 Å². The number of furan rings is 1. The molecule has 0 aliphatic carbocycles. The van der Waals surface area contributed by atoms with E-state index in [1.165, 1.54) is 6.07 Å². The van der Waals surface area contributed by atoms with Gasteiger partial charge in [0.15, 0.2) is 5.76 Å². The minimum absolute atomic E-state index is 0.0211. The molecule has 0 unspecified atom stereocenters. The van der Waals surface area contributed by atoms with E-state index in [2.05, 4.69) is 0 Å². The molecule has 1 heterocycles. The molecule has 6 heteroatoms. The van der Waals surface area contributed by atoms with Gasteiger partial charge in [0.2, 0.25) is 0 Å². The topological polar surface area (TPSA) is 80.0 Å². The third kappa shape index (κ3) is 3.46. The Kier molecular flexibility index (Phi) is 4.83. The first kappa shape index (κ1) is 15.6. The quantitative estimate of drug-likeness (QED) is 0.887. The van der Waals surface area contributed by atoms with E-state index in [1.807, 2.05) is 31.2 Å². The lowest BCUT2D eigenvalue weighted by Gasteiger charge is -2.19. The van der Waals surface area contributed by atoms with Gasteiger partial charge >= 0.3 is 5.97 Å². The van der Waals surface area contributed by atoms with Crippen molar-refractivity contribution in [2.45, 2.75) is 13.5 Å². The molecule has 0 atom stereocenters. The summed E-state index contributed by atoms with van der Waals surface area (Å²) in [6.45, 7) is 2.73. The van der Waals surface area contributed by atoms with Crippen molar-refractivity contribution in [2.75, 3.05) is 13.7 Å². The van der Waals surface area contributed by atoms with Crippen molar-refractivity contribution in [3.8, 4) is 5.75 Å². The molecule has 0 aliphatic rings. The van der Waals surface area contributed by atoms with E-state index in [1.54, 1.807) is 12.0 Å². The highest BCUT2D eigenvalue weighted by atomic mass is 16.5. The number of methoxy groups -OCH3 is 1. The Hall–Kier alpha value is -2.76. The number of carbonyl (C=O) groups excluding carboxylic acids is 1. The number of carboxylic acid groups (broad SMARTS) is 1. The molecular weight excluding hydrogens is 286 g/mol. The third-order valence-corrected chi connectivity index (χ3v) is 3.26. The molecule has 0 saturated heterocycles. The zero-order valence-electron chi connectivity index (χ0n) is 12.4. The first-order chi connectivity index (χ1) is 10.5. The Balaban J connectivity index is 2.12. The molecular formula is C16H17NO5. The van der Waals surface area contributed by atoms with Gasteiger partial charge in [-0.3, -0.25) is 4.79 Å². The summed E-state index contributed by atoms with van der Waals surface area (Å²) in [4.78, 5) is 24.8. The maximum absolute atomic E-state index is 12.4. The van der Waals surface area contributed by atoms with E-state index >= 15 is 0 Å². The average molecular weight is 303 g/mol. The van der Waals surface area contributed by atoms with Crippen molar-refractivity contribution in [3.63, 3.8) is 0 Å². The van der Waals surface area contributed by atoms with Crippen LogP contribution in [-0.2, 0) is 6.54 Å². The molecule has 0 bridgehead atoms. The van der Waals surface area contributed by atoms with Gasteiger partial charge in [-0.15, -0.1) is 0 Å². The Bertz CT molecular complexity index is 659. The normalized spacial score (nSPS) is 10.3. The van der Waals surface area contributed by atoms with Gasteiger partial charge < -0.3 is 19.2 Å². The summed E-state index contributed by atoms with van der Waals surface area (Å²) >= 11 is 0. The van der Waals surface area contributed by atoms with E-state index in [-0.39, 0.29) is 17.2 Å². The van der Waals surface area contributed by atoms with Gasteiger partial charge in [-0.2, -0.15) is 0 Å². The van der Waals surface area contributed by atoms with Crippen molar-refractivity contribution in [3.05, 3.63) is 53.5 Å². The van der Waals surface area contributed by atoms with Gasteiger partial charge in [-0.1, -0.05) is 12.1 Å². The van der Waals surface area contributed by atoms with Gasteiger partial charge in [-0.05, 0) is 24.6 Å². The molecule has 1 aromatic carbocycles. The largest absolute Gasteiger partial charge is 0.497 e. The molecule has 0 radical (unpaired) electrons. The number of hydrogen-bond acceptors (Lipinski definition) is 4. The molecule has 1 aromatic heterocycles. The zero-order valence-corrected chi connectivity index (χ0v) is 12.4. The predicted octanol–water partition coefficient (Wildman–Crippen LogP) is 2.65. The number of benzene rings is 1. The number of amides is 1. The molecule has 116 valence electrons. The molecule has 0 spiro atoms. The molecule has 0 fully saturated rings. The predicted molar refractivity (Wildman–Crippen MR) is 79.1 cm³/mol. The van der Waals surface area contributed by atoms with Crippen LogP contribution >= 0.6 is 0 Å². The zero-order chi connectivity index (χ0) is 16.1.